The van der Waals surface area contributed by atoms with Crippen LogP contribution in [-0.4, -0.2) is 15.6 Å². The summed E-state index contributed by atoms with van der Waals surface area (Å²) in [7, 11) is 1.85. The van der Waals surface area contributed by atoms with Crippen LogP contribution in [0.1, 0.15) is 27.2 Å². The molecule has 0 amide bonds. The number of hydrogen-bond acceptors (Lipinski definition) is 3. The molecule has 0 unspecified atom stereocenters. The Balaban J connectivity index is 1.80. The molecule has 1 aromatic carbocycles. The molecule has 0 fully saturated rings. The van der Waals surface area contributed by atoms with Crippen molar-refractivity contribution in [3.05, 3.63) is 52.8 Å². The van der Waals surface area contributed by atoms with Gasteiger partial charge in [-0.15, -0.1) is 0 Å². The average molecular weight is 242 g/mol. The Kier molecular flexibility index (Phi) is 2.72. The molecule has 2 heterocycles. The van der Waals surface area contributed by atoms with Gasteiger partial charge in [0, 0.05) is 18.8 Å². The zero-order valence-electron chi connectivity index (χ0n) is 10.2. The molecule has 0 saturated heterocycles. The summed E-state index contributed by atoms with van der Waals surface area (Å²) in [5.41, 5.74) is 3.86. The van der Waals surface area contributed by atoms with E-state index in [1.165, 1.54) is 5.56 Å². The lowest BCUT2D eigenvalue weighted by atomic mass is 10.0. The number of nitrogens with zero attached hydrogens (tertiary/aromatic N) is 2. The molecule has 0 radical (unpaired) electrons. The van der Waals surface area contributed by atoms with Gasteiger partial charge in [-0.05, 0) is 23.3 Å². The van der Waals surface area contributed by atoms with Gasteiger partial charge in [0.15, 0.2) is 5.78 Å². The fourth-order valence-corrected chi connectivity index (χ4v) is 2.17. The van der Waals surface area contributed by atoms with Crippen molar-refractivity contribution in [2.24, 2.45) is 7.05 Å². The van der Waals surface area contributed by atoms with E-state index < -0.39 is 0 Å². The molecule has 0 atom stereocenters. The number of carbonyl (C=O) groups is 1. The minimum Gasteiger partial charge on any atom is -0.372 e. The molecule has 2 aromatic rings. The van der Waals surface area contributed by atoms with Crippen LogP contribution in [0.15, 0.2) is 30.5 Å². The van der Waals surface area contributed by atoms with Crippen LogP contribution in [0.5, 0.6) is 0 Å². The van der Waals surface area contributed by atoms with Crippen molar-refractivity contribution in [3.8, 4) is 0 Å². The minimum atomic E-state index is 0.100. The third-order valence-corrected chi connectivity index (χ3v) is 3.15. The number of aromatic nitrogens is 2. The van der Waals surface area contributed by atoms with E-state index in [0.29, 0.717) is 19.6 Å². The van der Waals surface area contributed by atoms with E-state index >= 15 is 0 Å². The normalized spacial score (nSPS) is 13.6. The summed E-state index contributed by atoms with van der Waals surface area (Å²) in [6.07, 6.45) is 2.19. The van der Waals surface area contributed by atoms with E-state index in [0.717, 1.165) is 16.8 Å². The van der Waals surface area contributed by atoms with Crippen LogP contribution >= 0.6 is 0 Å². The Morgan fingerprint density at radius 3 is 2.94 bits per heavy atom. The topological polar surface area (TPSA) is 44.1 Å². The molecule has 0 saturated carbocycles. The highest BCUT2D eigenvalue weighted by molar-refractivity contribution is 5.97. The molecule has 18 heavy (non-hydrogen) atoms. The van der Waals surface area contributed by atoms with E-state index in [2.05, 4.69) is 5.10 Å². The van der Waals surface area contributed by atoms with Crippen LogP contribution in [-0.2, 0) is 31.4 Å². The maximum Gasteiger partial charge on any atom is 0.168 e. The molecule has 1 aliphatic heterocycles. The van der Waals surface area contributed by atoms with Gasteiger partial charge in [0.1, 0.15) is 0 Å². The zero-order chi connectivity index (χ0) is 12.5. The second-order valence-electron chi connectivity index (χ2n) is 4.56. The van der Waals surface area contributed by atoms with Gasteiger partial charge in [0.05, 0.1) is 25.3 Å². The summed E-state index contributed by atoms with van der Waals surface area (Å²) in [6, 6.07) is 7.66. The maximum absolute atomic E-state index is 12.1. The average Bonchev–Trinajstić information content (AvgIpc) is 2.96. The smallest absolute Gasteiger partial charge is 0.168 e. The summed E-state index contributed by atoms with van der Waals surface area (Å²) in [6.45, 7) is 1.27. The summed E-state index contributed by atoms with van der Waals surface area (Å²) < 4.78 is 7.05. The number of ether oxygens (including phenoxy) is 1. The van der Waals surface area contributed by atoms with E-state index in [1.54, 1.807) is 4.68 Å². The first kappa shape index (κ1) is 11.2. The lowest BCUT2D eigenvalue weighted by molar-refractivity contribution is 0.0991. The van der Waals surface area contributed by atoms with Gasteiger partial charge < -0.3 is 4.74 Å². The van der Waals surface area contributed by atoms with E-state index in [-0.39, 0.29) is 5.78 Å². The fourth-order valence-electron chi connectivity index (χ4n) is 2.17. The number of ketones is 1. The van der Waals surface area contributed by atoms with Crippen LogP contribution in [0.2, 0.25) is 0 Å². The number of fused-ring (bicyclic) bond motifs is 1. The Labute approximate surface area is 105 Å². The lowest BCUT2D eigenvalue weighted by Crippen LogP contribution is -2.05. The van der Waals surface area contributed by atoms with Crippen molar-refractivity contribution < 1.29 is 9.53 Å². The van der Waals surface area contributed by atoms with Gasteiger partial charge in [-0.25, -0.2) is 0 Å². The van der Waals surface area contributed by atoms with Crippen molar-refractivity contribution in [2.75, 3.05) is 0 Å². The van der Waals surface area contributed by atoms with E-state index in [1.807, 2.05) is 37.5 Å². The Morgan fingerprint density at radius 2 is 2.17 bits per heavy atom. The standard InChI is InChI=1S/C14H14N2O2/c1-16-5-4-13(15-16)7-14(17)10-2-3-11-8-18-9-12(11)6-10/h2-6H,7-9H2,1H3. The molecule has 92 valence electrons. The SMILES string of the molecule is Cn1ccc(CC(=O)c2ccc3c(c2)COC3)n1. The van der Waals surface area contributed by atoms with Crippen LogP contribution in [0, 0.1) is 0 Å². The molecule has 0 bridgehead atoms. The van der Waals surface area contributed by atoms with E-state index in [9.17, 15) is 4.79 Å². The molecule has 4 heteroatoms. The molecule has 0 spiro atoms. The zero-order valence-corrected chi connectivity index (χ0v) is 10.2. The highest BCUT2D eigenvalue weighted by Gasteiger charge is 2.15. The Bertz CT molecular complexity index is 602. The third-order valence-electron chi connectivity index (χ3n) is 3.15. The quantitative estimate of drug-likeness (QED) is 0.772. The number of hydrogen-bond donors (Lipinski definition) is 0. The number of carbonyl (C=O) groups excluding carboxylic acids is 1. The van der Waals surface area contributed by atoms with Crippen molar-refractivity contribution in [2.45, 2.75) is 19.6 Å². The highest BCUT2D eigenvalue weighted by atomic mass is 16.5. The van der Waals surface area contributed by atoms with Crippen LogP contribution < -0.4 is 0 Å². The summed E-state index contributed by atoms with van der Waals surface area (Å²) in [5, 5.41) is 4.22. The molecular weight excluding hydrogens is 228 g/mol. The van der Waals surface area contributed by atoms with Gasteiger partial charge in [0.2, 0.25) is 0 Å². The summed E-state index contributed by atoms with van der Waals surface area (Å²) in [5.74, 6) is 0.100. The van der Waals surface area contributed by atoms with Gasteiger partial charge in [0.25, 0.3) is 0 Å². The second kappa shape index (κ2) is 4.38. The molecule has 1 aliphatic rings. The Morgan fingerprint density at radius 1 is 1.33 bits per heavy atom. The molecular formula is C14H14N2O2. The minimum absolute atomic E-state index is 0.100. The van der Waals surface area contributed by atoms with Crippen LogP contribution in [0.3, 0.4) is 0 Å². The van der Waals surface area contributed by atoms with E-state index in [4.69, 9.17) is 4.74 Å². The number of rotatable bonds is 3. The van der Waals surface area contributed by atoms with Crippen LogP contribution in [0.25, 0.3) is 0 Å². The summed E-state index contributed by atoms with van der Waals surface area (Å²) >= 11 is 0. The number of benzene rings is 1. The van der Waals surface area contributed by atoms with Crippen molar-refractivity contribution in [1.29, 1.82) is 0 Å². The third kappa shape index (κ3) is 2.07. The largest absolute Gasteiger partial charge is 0.372 e. The van der Waals surface area contributed by atoms with Crippen molar-refractivity contribution in [3.63, 3.8) is 0 Å². The van der Waals surface area contributed by atoms with Crippen molar-refractivity contribution in [1.82, 2.24) is 9.78 Å². The predicted molar refractivity (Wildman–Crippen MR) is 66.2 cm³/mol. The monoisotopic (exact) mass is 242 g/mol. The van der Waals surface area contributed by atoms with Crippen LogP contribution in [0.4, 0.5) is 0 Å². The Hall–Kier alpha value is -1.94. The fraction of sp³-hybridized carbons (Fsp3) is 0.286. The first-order valence-electron chi connectivity index (χ1n) is 5.93. The second-order valence-corrected chi connectivity index (χ2v) is 4.56. The van der Waals surface area contributed by atoms with Gasteiger partial charge in [-0.2, -0.15) is 5.10 Å². The molecule has 3 rings (SSSR count). The number of aryl methyl sites for hydroxylation is 1. The maximum atomic E-state index is 12.1. The molecule has 0 aliphatic carbocycles. The van der Waals surface area contributed by atoms with Gasteiger partial charge >= 0.3 is 0 Å². The predicted octanol–water partition coefficient (Wildman–Crippen LogP) is 1.88. The van der Waals surface area contributed by atoms with Gasteiger partial charge in [-0.3, -0.25) is 9.48 Å². The van der Waals surface area contributed by atoms with Gasteiger partial charge in [-0.1, -0.05) is 12.1 Å². The molecule has 1 aromatic heterocycles. The first-order valence-corrected chi connectivity index (χ1v) is 5.93. The molecule has 4 nitrogen and oxygen atoms in total. The highest BCUT2D eigenvalue weighted by Crippen LogP contribution is 2.21. The number of Topliss-reactive ketones (excluding diaryl/α,β-unsaturated/α-hetero) is 1. The first-order chi connectivity index (χ1) is 8.72. The summed E-state index contributed by atoms with van der Waals surface area (Å²) in [4.78, 5) is 12.1. The lowest BCUT2D eigenvalue weighted by Gasteiger charge is -2.02. The molecule has 0 N–H and O–H groups in total. The van der Waals surface area contributed by atoms with Crippen molar-refractivity contribution >= 4 is 5.78 Å².